The summed E-state index contributed by atoms with van der Waals surface area (Å²) in [6.45, 7) is 6.35. The topological polar surface area (TPSA) is 55.0 Å². The minimum atomic E-state index is 0.594. The van der Waals surface area contributed by atoms with Crippen LogP contribution in [0.3, 0.4) is 0 Å². The van der Waals surface area contributed by atoms with Crippen molar-refractivity contribution in [3.8, 4) is 0 Å². The van der Waals surface area contributed by atoms with Gasteiger partial charge in [-0.2, -0.15) is 11.8 Å². The van der Waals surface area contributed by atoms with Crippen molar-refractivity contribution in [3.05, 3.63) is 11.9 Å². The Morgan fingerprint density at radius 2 is 2.38 bits per heavy atom. The SMILES string of the molecule is CCC1CN(c2ncnc(N)c2C)CCS1. The summed E-state index contributed by atoms with van der Waals surface area (Å²) in [7, 11) is 0. The fourth-order valence-electron chi connectivity index (χ4n) is 1.93. The third kappa shape index (κ3) is 2.24. The lowest BCUT2D eigenvalue weighted by molar-refractivity contribution is 0.717. The van der Waals surface area contributed by atoms with Crippen LogP contribution in [-0.2, 0) is 0 Å². The van der Waals surface area contributed by atoms with Crippen LogP contribution in [0.1, 0.15) is 18.9 Å². The zero-order valence-corrected chi connectivity index (χ0v) is 10.6. The van der Waals surface area contributed by atoms with Gasteiger partial charge in [-0.15, -0.1) is 0 Å². The van der Waals surface area contributed by atoms with Crippen molar-refractivity contribution in [3.63, 3.8) is 0 Å². The minimum absolute atomic E-state index is 0.594. The molecule has 2 rings (SSSR count). The zero-order valence-electron chi connectivity index (χ0n) is 9.81. The molecule has 5 heteroatoms. The highest BCUT2D eigenvalue weighted by molar-refractivity contribution is 8.00. The highest BCUT2D eigenvalue weighted by Crippen LogP contribution is 2.27. The van der Waals surface area contributed by atoms with Crippen LogP contribution < -0.4 is 10.6 Å². The van der Waals surface area contributed by atoms with Crippen LogP contribution >= 0.6 is 11.8 Å². The van der Waals surface area contributed by atoms with Crippen molar-refractivity contribution in [1.82, 2.24) is 9.97 Å². The van der Waals surface area contributed by atoms with Gasteiger partial charge in [0.25, 0.3) is 0 Å². The van der Waals surface area contributed by atoms with E-state index < -0.39 is 0 Å². The van der Waals surface area contributed by atoms with E-state index >= 15 is 0 Å². The summed E-state index contributed by atoms with van der Waals surface area (Å²) in [5, 5.41) is 0.712. The molecule has 1 aromatic rings. The van der Waals surface area contributed by atoms with Gasteiger partial charge in [0.15, 0.2) is 0 Å². The molecule has 2 heterocycles. The summed E-state index contributed by atoms with van der Waals surface area (Å²) < 4.78 is 0. The van der Waals surface area contributed by atoms with Gasteiger partial charge >= 0.3 is 0 Å². The zero-order chi connectivity index (χ0) is 11.5. The van der Waals surface area contributed by atoms with E-state index in [9.17, 15) is 0 Å². The molecule has 88 valence electrons. The van der Waals surface area contributed by atoms with Crippen molar-refractivity contribution in [2.45, 2.75) is 25.5 Å². The minimum Gasteiger partial charge on any atom is -0.383 e. The molecule has 0 spiro atoms. The number of hydrogen-bond acceptors (Lipinski definition) is 5. The summed E-state index contributed by atoms with van der Waals surface area (Å²) >= 11 is 2.06. The highest BCUT2D eigenvalue weighted by atomic mass is 32.2. The Bertz CT molecular complexity index is 369. The normalized spacial score (nSPS) is 21.1. The summed E-state index contributed by atoms with van der Waals surface area (Å²) in [6, 6.07) is 0. The van der Waals surface area contributed by atoms with E-state index in [2.05, 4.69) is 33.6 Å². The van der Waals surface area contributed by atoms with E-state index in [0.717, 1.165) is 24.5 Å². The fraction of sp³-hybridized carbons (Fsp3) is 0.636. The molecule has 1 aliphatic rings. The third-order valence-electron chi connectivity index (χ3n) is 2.99. The Kier molecular flexibility index (Phi) is 3.53. The third-order valence-corrected chi connectivity index (χ3v) is 4.36. The van der Waals surface area contributed by atoms with E-state index in [4.69, 9.17) is 5.73 Å². The van der Waals surface area contributed by atoms with Crippen LogP contribution in [0.25, 0.3) is 0 Å². The number of nitrogens with zero attached hydrogens (tertiary/aromatic N) is 3. The van der Waals surface area contributed by atoms with E-state index in [0.29, 0.717) is 11.1 Å². The molecule has 16 heavy (non-hydrogen) atoms. The Morgan fingerprint density at radius 1 is 1.56 bits per heavy atom. The number of nitrogens with two attached hydrogens (primary N) is 1. The van der Waals surface area contributed by atoms with Gasteiger partial charge < -0.3 is 10.6 Å². The van der Waals surface area contributed by atoms with E-state index in [-0.39, 0.29) is 0 Å². The first-order valence-electron chi connectivity index (χ1n) is 5.66. The molecule has 4 nitrogen and oxygen atoms in total. The van der Waals surface area contributed by atoms with Gasteiger partial charge in [0.1, 0.15) is 18.0 Å². The van der Waals surface area contributed by atoms with Crippen molar-refractivity contribution < 1.29 is 0 Å². The summed E-state index contributed by atoms with van der Waals surface area (Å²) in [4.78, 5) is 10.7. The van der Waals surface area contributed by atoms with Crippen LogP contribution in [0.4, 0.5) is 11.6 Å². The number of nitrogen functional groups attached to an aromatic ring is 1. The van der Waals surface area contributed by atoms with Crippen LogP contribution in [0.2, 0.25) is 0 Å². The summed E-state index contributed by atoms with van der Waals surface area (Å²) in [5.41, 5.74) is 6.82. The molecule has 0 radical (unpaired) electrons. The van der Waals surface area contributed by atoms with E-state index in [1.165, 1.54) is 12.2 Å². The van der Waals surface area contributed by atoms with Gasteiger partial charge in [0, 0.05) is 29.7 Å². The molecule has 1 fully saturated rings. The molecule has 0 aromatic carbocycles. The van der Waals surface area contributed by atoms with Gasteiger partial charge in [-0.1, -0.05) is 6.92 Å². The second-order valence-corrected chi connectivity index (χ2v) is 5.46. The molecular weight excluding hydrogens is 220 g/mol. The molecule has 2 N–H and O–H groups in total. The van der Waals surface area contributed by atoms with E-state index in [1.54, 1.807) is 6.33 Å². The molecule has 1 aromatic heterocycles. The van der Waals surface area contributed by atoms with Gasteiger partial charge in [0.05, 0.1) is 0 Å². The van der Waals surface area contributed by atoms with Crippen molar-refractivity contribution in [1.29, 1.82) is 0 Å². The van der Waals surface area contributed by atoms with E-state index in [1.807, 2.05) is 6.92 Å². The smallest absolute Gasteiger partial charge is 0.137 e. The van der Waals surface area contributed by atoms with Gasteiger partial charge in [-0.3, -0.25) is 0 Å². The first-order valence-corrected chi connectivity index (χ1v) is 6.71. The average molecular weight is 238 g/mol. The predicted octanol–water partition coefficient (Wildman–Crippen LogP) is 1.70. The standard InChI is InChI=1S/C11H18N4S/c1-3-9-6-15(4-5-16-9)11-8(2)10(12)13-7-14-11/h7,9H,3-6H2,1-2H3,(H2,12,13,14). The van der Waals surface area contributed by atoms with Crippen LogP contribution in [0.5, 0.6) is 0 Å². The fourth-order valence-corrected chi connectivity index (χ4v) is 3.11. The molecule has 0 saturated carbocycles. The van der Waals surface area contributed by atoms with Gasteiger partial charge in [0.2, 0.25) is 0 Å². The lowest BCUT2D eigenvalue weighted by atomic mass is 10.2. The first-order chi connectivity index (χ1) is 7.72. The number of anilines is 2. The van der Waals surface area contributed by atoms with Crippen LogP contribution in [-0.4, -0.2) is 34.1 Å². The molecular formula is C11H18N4S. The van der Waals surface area contributed by atoms with Gasteiger partial charge in [-0.05, 0) is 13.3 Å². The first kappa shape index (κ1) is 11.5. The van der Waals surface area contributed by atoms with Crippen LogP contribution in [0, 0.1) is 6.92 Å². The highest BCUT2D eigenvalue weighted by Gasteiger charge is 2.21. The number of thioether (sulfide) groups is 1. The molecule has 1 atom stereocenters. The van der Waals surface area contributed by atoms with Crippen molar-refractivity contribution in [2.24, 2.45) is 0 Å². The molecule has 0 aliphatic carbocycles. The Morgan fingerprint density at radius 3 is 3.12 bits per heavy atom. The second-order valence-electron chi connectivity index (χ2n) is 4.05. The van der Waals surface area contributed by atoms with Crippen molar-refractivity contribution >= 4 is 23.4 Å². The molecule has 1 unspecified atom stereocenters. The molecule has 0 amide bonds. The second kappa shape index (κ2) is 4.91. The quantitative estimate of drug-likeness (QED) is 0.850. The molecule has 0 bridgehead atoms. The molecule has 1 aliphatic heterocycles. The summed E-state index contributed by atoms with van der Waals surface area (Å²) in [6.07, 6.45) is 2.77. The van der Waals surface area contributed by atoms with Gasteiger partial charge in [-0.25, -0.2) is 9.97 Å². The molecule has 1 saturated heterocycles. The monoisotopic (exact) mass is 238 g/mol. The largest absolute Gasteiger partial charge is 0.383 e. The maximum Gasteiger partial charge on any atom is 0.137 e. The Labute approximate surface area is 101 Å². The maximum absolute atomic E-state index is 5.81. The summed E-state index contributed by atoms with van der Waals surface area (Å²) in [5.74, 6) is 2.77. The Hall–Kier alpha value is -0.970. The number of hydrogen-bond donors (Lipinski definition) is 1. The predicted molar refractivity (Wildman–Crippen MR) is 69.9 cm³/mol. The Balaban J connectivity index is 2.20. The van der Waals surface area contributed by atoms with Crippen molar-refractivity contribution in [2.75, 3.05) is 29.5 Å². The lowest BCUT2D eigenvalue weighted by Crippen LogP contribution is -2.38. The average Bonchev–Trinajstić information content (AvgIpc) is 2.33. The number of aromatic nitrogens is 2. The maximum atomic E-state index is 5.81. The number of rotatable bonds is 2. The lowest BCUT2D eigenvalue weighted by Gasteiger charge is -2.33. The van der Waals surface area contributed by atoms with Crippen LogP contribution in [0.15, 0.2) is 6.33 Å².